The number of carbonyl (C=O) groups is 2. The molecule has 8 nitrogen and oxygen atoms in total. The molecule has 174 valence electrons. The van der Waals surface area contributed by atoms with Gasteiger partial charge in [0.1, 0.15) is 10.9 Å². The van der Waals surface area contributed by atoms with Crippen LogP contribution >= 0.6 is 22.9 Å². The summed E-state index contributed by atoms with van der Waals surface area (Å²) in [4.78, 5) is 41.9. The van der Waals surface area contributed by atoms with Gasteiger partial charge >= 0.3 is 0 Å². The Balaban J connectivity index is 1.21. The van der Waals surface area contributed by atoms with E-state index in [1.807, 2.05) is 17.9 Å². The molecule has 2 fully saturated rings. The Labute approximate surface area is 205 Å². The summed E-state index contributed by atoms with van der Waals surface area (Å²) in [5.41, 5.74) is 3.64. The molecule has 6 rings (SSSR count). The van der Waals surface area contributed by atoms with Gasteiger partial charge < -0.3 is 9.64 Å². The van der Waals surface area contributed by atoms with E-state index < -0.39 is 0 Å². The van der Waals surface area contributed by atoms with E-state index in [0.717, 1.165) is 22.7 Å². The minimum atomic E-state index is -0.327. The number of carbonyl (C=O) groups excluding carboxylic acids is 2. The van der Waals surface area contributed by atoms with Crippen LogP contribution in [0.5, 0.6) is 5.75 Å². The van der Waals surface area contributed by atoms with Crippen LogP contribution in [0.15, 0.2) is 24.5 Å². The lowest BCUT2D eigenvalue weighted by Crippen LogP contribution is -2.27. The molecule has 0 aromatic carbocycles. The molecule has 34 heavy (non-hydrogen) atoms. The molecule has 3 aromatic rings. The molecule has 0 radical (unpaired) electrons. The quantitative estimate of drug-likeness (QED) is 0.525. The van der Waals surface area contributed by atoms with Crippen LogP contribution in [-0.4, -0.2) is 38.8 Å². The van der Waals surface area contributed by atoms with Crippen molar-refractivity contribution in [3.8, 4) is 16.9 Å². The zero-order valence-corrected chi connectivity index (χ0v) is 20.3. The van der Waals surface area contributed by atoms with Gasteiger partial charge in [0.05, 0.1) is 42.5 Å². The second kappa shape index (κ2) is 7.74. The van der Waals surface area contributed by atoms with Crippen LogP contribution in [0.25, 0.3) is 11.1 Å². The smallest absolute Gasteiger partial charge is 0.259 e. The number of ether oxygens (including phenoxy) is 1. The van der Waals surface area contributed by atoms with Crippen molar-refractivity contribution in [3.05, 3.63) is 51.5 Å². The molecule has 1 aliphatic heterocycles. The molecule has 2 amide bonds. The molecular formula is C24H22ClN5O3S. The van der Waals surface area contributed by atoms with Crippen LogP contribution < -0.4 is 10.1 Å². The van der Waals surface area contributed by atoms with Crippen LogP contribution in [0.1, 0.15) is 45.9 Å². The van der Waals surface area contributed by atoms with Crippen LogP contribution in [0.4, 0.5) is 5.13 Å². The first-order valence-electron chi connectivity index (χ1n) is 11.1. The summed E-state index contributed by atoms with van der Waals surface area (Å²) in [7, 11) is 1.54. The van der Waals surface area contributed by atoms with E-state index in [-0.39, 0.29) is 17.7 Å². The molecule has 2 aliphatic carbocycles. The number of aromatic nitrogens is 3. The molecule has 2 saturated carbocycles. The van der Waals surface area contributed by atoms with Gasteiger partial charge in [-0.1, -0.05) is 22.9 Å². The largest absolute Gasteiger partial charge is 0.494 e. The number of anilines is 1. The molecule has 1 spiro atoms. The van der Waals surface area contributed by atoms with Crippen molar-refractivity contribution in [2.75, 3.05) is 12.4 Å². The standard InChI is InChI=1S/C24H22ClN5O3S/c1-12-5-13(14-6-20(25)27-9-18(14)33-2)15(8-26-12)21(31)29-23-28-17-10-30(11-19(17)34-23)22(32)16-7-24(16)3-4-24/h5-6,8-9,16H,3-4,7,10-11H2,1-2H3,(H,28,29,31)/t16-/m0/s1. The Kier molecular flexibility index (Phi) is 4.90. The number of hydrogen-bond donors (Lipinski definition) is 1. The summed E-state index contributed by atoms with van der Waals surface area (Å²) in [6.07, 6.45) is 6.51. The van der Waals surface area contributed by atoms with Crippen molar-refractivity contribution in [3.63, 3.8) is 0 Å². The Morgan fingerprint density at radius 1 is 1.21 bits per heavy atom. The summed E-state index contributed by atoms with van der Waals surface area (Å²) < 4.78 is 5.44. The number of pyridine rings is 2. The van der Waals surface area contributed by atoms with Gasteiger partial charge in [0.2, 0.25) is 5.91 Å². The van der Waals surface area contributed by atoms with Gasteiger partial charge in [-0.15, -0.1) is 0 Å². The summed E-state index contributed by atoms with van der Waals surface area (Å²) in [6, 6.07) is 3.49. The van der Waals surface area contributed by atoms with E-state index >= 15 is 0 Å². The first-order chi connectivity index (χ1) is 16.4. The maximum Gasteiger partial charge on any atom is 0.259 e. The number of fused-ring (bicyclic) bond motifs is 1. The highest BCUT2D eigenvalue weighted by Crippen LogP contribution is 2.71. The van der Waals surface area contributed by atoms with Crippen LogP contribution in [0.3, 0.4) is 0 Å². The third-order valence-electron chi connectivity index (χ3n) is 6.99. The fraction of sp³-hybridized carbons (Fsp3) is 0.375. The molecule has 0 saturated heterocycles. The summed E-state index contributed by atoms with van der Waals surface area (Å²) in [6.45, 7) is 2.93. The van der Waals surface area contributed by atoms with E-state index in [1.54, 1.807) is 19.4 Å². The molecule has 10 heteroatoms. The van der Waals surface area contributed by atoms with Crippen LogP contribution in [0.2, 0.25) is 5.15 Å². The lowest BCUT2D eigenvalue weighted by Gasteiger charge is -2.15. The molecule has 4 heterocycles. The van der Waals surface area contributed by atoms with Crippen molar-refractivity contribution in [2.45, 2.75) is 39.3 Å². The lowest BCUT2D eigenvalue weighted by molar-refractivity contribution is -0.133. The number of aryl methyl sites for hydroxylation is 1. The average Bonchev–Trinajstić information content (AvgIpc) is 3.66. The number of amides is 2. The predicted molar refractivity (Wildman–Crippen MR) is 128 cm³/mol. The first kappa shape index (κ1) is 21.5. The number of rotatable bonds is 5. The van der Waals surface area contributed by atoms with Gasteiger partial charge in [-0.25, -0.2) is 9.97 Å². The second-order valence-corrected chi connectivity index (χ2v) is 10.7. The minimum absolute atomic E-state index is 0.215. The van der Waals surface area contributed by atoms with E-state index in [1.165, 1.54) is 30.4 Å². The minimum Gasteiger partial charge on any atom is -0.494 e. The third kappa shape index (κ3) is 3.63. The maximum absolute atomic E-state index is 13.2. The SMILES string of the molecule is COc1cnc(Cl)cc1-c1cc(C)ncc1C(=O)Nc1nc2c(s1)CN(C(=O)[C@@H]1CC13CC3)C2. The molecule has 0 bridgehead atoms. The topological polar surface area (TPSA) is 97.3 Å². The number of thiazole rings is 1. The van der Waals surface area contributed by atoms with E-state index in [9.17, 15) is 9.59 Å². The number of hydrogen-bond acceptors (Lipinski definition) is 7. The zero-order valence-electron chi connectivity index (χ0n) is 18.7. The Morgan fingerprint density at radius 3 is 2.74 bits per heavy atom. The first-order valence-corrected chi connectivity index (χ1v) is 12.3. The van der Waals surface area contributed by atoms with Crippen LogP contribution in [-0.2, 0) is 17.9 Å². The van der Waals surface area contributed by atoms with Gasteiger partial charge in [-0.3, -0.25) is 19.9 Å². The van der Waals surface area contributed by atoms with Gasteiger partial charge in [0.25, 0.3) is 5.91 Å². The van der Waals surface area contributed by atoms with E-state index in [0.29, 0.717) is 51.2 Å². The highest BCUT2D eigenvalue weighted by atomic mass is 35.5. The normalized spacial score (nSPS) is 19.1. The number of nitrogens with zero attached hydrogens (tertiary/aromatic N) is 4. The third-order valence-corrected chi connectivity index (χ3v) is 8.20. The van der Waals surface area contributed by atoms with Crippen molar-refractivity contribution in [1.29, 1.82) is 0 Å². The predicted octanol–water partition coefficient (Wildman–Crippen LogP) is 4.47. The second-order valence-electron chi connectivity index (χ2n) is 9.23. The molecule has 3 aromatic heterocycles. The average molecular weight is 496 g/mol. The zero-order chi connectivity index (χ0) is 23.6. The summed E-state index contributed by atoms with van der Waals surface area (Å²) in [5, 5.41) is 3.72. The maximum atomic E-state index is 13.2. The Hall–Kier alpha value is -3.04. The van der Waals surface area contributed by atoms with Gasteiger partial charge in [0.15, 0.2) is 5.13 Å². The van der Waals surface area contributed by atoms with E-state index in [2.05, 4.69) is 20.3 Å². The van der Waals surface area contributed by atoms with Crippen LogP contribution in [0, 0.1) is 18.3 Å². The molecule has 1 N–H and O–H groups in total. The van der Waals surface area contributed by atoms with Gasteiger partial charge in [0, 0.05) is 28.9 Å². The molecule has 0 unspecified atom stereocenters. The summed E-state index contributed by atoms with van der Waals surface area (Å²) in [5.74, 6) is 0.651. The van der Waals surface area contributed by atoms with E-state index in [4.69, 9.17) is 16.3 Å². The van der Waals surface area contributed by atoms with Crippen molar-refractivity contribution < 1.29 is 14.3 Å². The van der Waals surface area contributed by atoms with Gasteiger partial charge in [-0.2, -0.15) is 0 Å². The highest BCUT2D eigenvalue weighted by molar-refractivity contribution is 7.16. The lowest BCUT2D eigenvalue weighted by atomic mass is 10.0. The van der Waals surface area contributed by atoms with Crippen molar-refractivity contribution >= 4 is 39.9 Å². The highest BCUT2D eigenvalue weighted by Gasteiger charge is 2.66. The fourth-order valence-corrected chi connectivity index (χ4v) is 5.94. The fourth-order valence-electron chi connectivity index (χ4n) is 4.80. The Bertz CT molecular complexity index is 1330. The monoisotopic (exact) mass is 495 g/mol. The molecular weight excluding hydrogens is 474 g/mol. The van der Waals surface area contributed by atoms with Gasteiger partial charge in [-0.05, 0) is 43.7 Å². The molecule has 1 atom stereocenters. The van der Waals surface area contributed by atoms with Crippen molar-refractivity contribution in [1.82, 2.24) is 19.9 Å². The number of halogens is 1. The molecule has 3 aliphatic rings. The van der Waals surface area contributed by atoms with Crippen molar-refractivity contribution in [2.24, 2.45) is 11.3 Å². The number of nitrogens with one attached hydrogen (secondary N) is 1. The number of methoxy groups -OCH3 is 1. The Morgan fingerprint density at radius 2 is 2.03 bits per heavy atom. The summed E-state index contributed by atoms with van der Waals surface area (Å²) >= 11 is 7.54.